The quantitative estimate of drug-likeness (QED) is 0.685. The Morgan fingerprint density at radius 3 is 2.42 bits per heavy atom. The lowest BCUT2D eigenvalue weighted by molar-refractivity contribution is -0.148. The summed E-state index contributed by atoms with van der Waals surface area (Å²) in [6.07, 6.45) is 1.33. The molecule has 0 radical (unpaired) electrons. The van der Waals surface area contributed by atoms with Gasteiger partial charge >= 0.3 is 5.97 Å². The summed E-state index contributed by atoms with van der Waals surface area (Å²) in [4.78, 5) is 28.5. The van der Waals surface area contributed by atoms with Crippen molar-refractivity contribution in [2.75, 3.05) is 46.0 Å². The van der Waals surface area contributed by atoms with Crippen LogP contribution in [0.25, 0.3) is 0 Å². The molecule has 0 aliphatic carbocycles. The van der Waals surface area contributed by atoms with Crippen LogP contribution < -0.4 is 0 Å². The first-order valence-corrected chi connectivity index (χ1v) is 8.75. The Kier molecular flexibility index (Phi) is 7.00. The maximum absolute atomic E-state index is 12.7. The van der Waals surface area contributed by atoms with Gasteiger partial charge in [-0.3, -0.25) is 14.5 Å². The van der Waals surface area contributed by atoms with Gasteiger partial charge < -0.3 is 14.4 Å². The van der Waals surface area contributed by atoms with Crippen molar-refractivity contribution in [1.29, 1.82) is 5.26 Å². The highest BCUT2D eigenvalue weighted by atomic mass is 16.5. The van der Waals surface area contributed by atoms with Crippen LogP contribution in [0, 0.1) is 23.2 Å². The number of nitrogens with zero attached hydrogens (tertiary/aromatic N) is 3. The first-order valence-electron chi connectivity index (χ1n) is 8.75. The third kappa shape index (κ3) is 4.46. The average molecular weight is 337 g/mol. The molecule has 2 aliphatic rings. The molecule has 2 heterocycles. The Labute approximate surface area is 143 Å². The lowest BCUT2D eigenvalue weighted by atomic mass is 9.85. The molecule has 0 aromatic carbocycles. The molecule has 2 rings (SSSR count). The van der Waals surface area contributed by atoms with Crippen molar-refractivity contribution in [3.05, 3.63) is 0 Å². The average Bonchev–Trinajstić information content (AvgIpc) is 2.62. The summed E-state index contributed by atoms with van der Waals surface area (Å²) in [6, 6.07) is 1.92. The number of carbonyl (C=O) groups excluding carboxylic acids is 2. The molecule has 2 saturated heterocycles. The second-order valence-electron chi connectivity index (χ2n) is 6.35. The topological polar surface area (TPSA) is 82.9 Å². The highest BCUT2D eigenvalue weighted by molar-refractivity contribution is 5.81. The van der Waals surface area contributed by atoms with Crippen molar-refractivity contribution < 1.29 is 19.1 Å². The van der Waals surface area contributed by atoms with Crippen LogP contribution in [0.15, 0.2) is 0 Å². The van der Waals surface area contributed by atoms with Crippen molar-refractivity contribution in [3.63, 3.8) is 0 Å². The molecule has 0 aromatic heterocycles. The smallest absolute Gasteiger partial charge is 0.323 e. The SMILES string of the molecule is CCOC(=O)C(C#N)C1CCN(C(=O)C(C)N2CCOCC2)CC1. The summed E-state index contributed by atoms with van der Waals surface area (Å²) in [5.41, 5.74) is 0. The van der Waals surface area contributed by atoms with Crippen LogP contribution in [0.5, 0.6) is 0 Å². The first-order chi connectivity index (χ1) is 11.6. The normalized spacial score (nSPS) is 22.5. The predicted octanol–water partition coefficient (Wildman–Crippen LogP) is 0.649. The van der Waals surface area contributed by atoms with Gasteiger partial charge in [0.05, 0.1) is 31.9 Å². The van der Waals surface area contributed by atoms with Crippen molar-refractivity contribution in [2.24, 2.45) is 11.8 Å². The van der Waals surface area contributed by atoms with E-state index in [4.69, 9.17) is 9.47 Å². The number of esters is 1. The predicted molar refractivity (Wildman–Crippen MR) is 86.9 cm³/mol. The van der Waals surface area contributed by atoms with Crippen LogP contribution in [0.1, 0.15) is 26.7 Å². The van der Waals surface area contributed by atoms with E-state index in [2.05, 4.69) is 11.0 Å². The number of rotatable bonds is 5. The van der Waals surface area contributed by atoms with Crippen LogP contribution in [0.3, 0.4) is 0 Å². The van der Waals surface area contributed by atoms with E-state index in [1.54, 1.807) is 6.92 Å². The minimum absolute atomic E-state index is 0.0307. The molecule has 2 unspecified atom stereocenters. The Bertz CT molecular complexity index is 477. The number of likely N-dealkylation sites (tertiary alicyclic amines) is 1. The molecule has 1 amide bonds. The van der Waals surface area contributed by atoms with E-state index in [0.717, 1.165) is 13.1 Å². The Hall–Kier alpha value is -1.65. The van der Waals surface area contributed by atoms with Gasteiger partial charge in [-0.2, -0.15) is 5.26 Å². The van der Waals surface area contributed by atoms with Crippen molar-refractivity contribution in [1.82, 2.24) is 9.80 Å². The fraction of sp³-hybridized carbons (Fsp3) is 0.824. The molecule has 0 saturated carbocycles. The molecule has 2 fully saturated rings. The number of hydrogen-bond donors (Lipinski definition) is 0. The Morgan fingerprint density at radius 2 is 1.88 bits per heavy atom. The molecular weight excluding hydrogens is 310 g/mol. The summed E-state index contributed by atoms with van der Waals surface area (Å²) in [6.45, 7) is 8.05. The number of piperidine rings is 1. The fourth-order valence-corrected chi connectivity index (χ4v) is 3.42. The Morgan fingerprint density at radius 1 is 1.25 bits per heavy atom. The minimum Gasteiger partial charge on any atom is -0.465 e. The molecule has 7 heteroatoms. The summed E-state index contributed by atoms with van der Waals surface area (Å²) >= 11 is 0. The van der Waals surface area contributed by atoms with Gasteiger partial charge in [0.2, 0.25) is 5.91 Å². The fourth-order valence-electron chi connectivity index (χ4n) is 3.42. The number of morpholine rings is 1. The number of ether oxygens (including phenoxy) is 2. The zero-order chi connectivity index (χ0) is 17.5. The third-order valence-electron chi connectivity index (χ3n) is 4.95. The van der Waals surface area contributed by atoms with E-state index >= 15 is 0 Å². The molecule has 7 nitrogen and oxygen atoms in total. The molecule has 24 heavy (non-hydrogen) atoms. The van der Waals surface area contributed by atoms with Crippen LogP contribution >= 0.6 is 0 Å². The standard InChI is InChI=1S/C17H27N3O4/c1-3-24-17(22)15(12-18)14-4-6-20(7-5-14)16(21)13(2)19-8-10-23-11-9-19/h13-15H,3-11H2,1-2H3. The van der Waals surface area contributed by atoms with E-state index in [1.165, 1.54) is 0 Å². The molecule has 2 aliphatic heterocycles. The molecule has 0 N–H and O–H groups in total. The largest absolute Gasteiger partial charge is 0.465 e. The van der Waals surface area contributed by atoms with Crippen LogP contribution in [0.2, 0.25) is 0 Å². The van der Waals surface area contributed by atoms with Crippen LogP contribution in [0.4, 0.5) is 0 Å². The molecule has 0 spiro atoms. The lowest BCUT2D eigenvalue weighted by Crippen LogP contribution is -2.52. The number of amides is 1. The number of carbonyl (C=O) groups is 2. The second-order valence-corrected chi connectivity index (χ2v) is 6.35. The monoisotopic (exact) mass is 337 g/mol. The van der Waals surface area contributed by atoms with Gasteiger partial charge in [0, 0.05) is 26.2 Å². The van der Waals surface area contributed by atoms with Gasteiger partial charge in [0.1, 0.15) is 5.92 Å². The molecule has 2 atom stereocenters. The molecule has 134 valence electrons. The third-order valence-corrected chi connectivity index (χ3v) is 4.95. The number of nitriles is 1. The zero-order valence-electron chi connectivity index (χ0n) is 14.6. The Balaban J connectivity index is 1.86. The summed E-state index contributed by atoms with van der Waals surface area (Å²) < 4.78 is 10.3. The van der Waals surface area contributed by atoms with Crippen LogP contribution in [-0.2, 0) is 19.1 Å². The van der Waals surface area contributed by atoms with Crippen LogP contribution in [-0.4, -0.2) is 73.7 Å². The van der Waals surface area contributed by atoms with Gasteiger partial charge in [-0.25, -0.2) is 0 Å². The molecule has 0 aromatic rings. The lowest BCUT2D eigenvalue weighted by Gasteiger charge is -2.38. The van der Waals surface area contributed by atoms with Crippen molar-refractivity contribution >= 4 is 11.9 Å². The maximum atomic E-state index is 12.7. The van der Waals surface area contributed by atoms with E-state index in [9.17, 15) is 14.9 Å². The number of hydrogen-bond acceptors (Lipinski definition) is 6. The highest BCUT2D eigenvalue weighted by Crippen LogP contribution is 2.26. The first kappa shape index (κ1) is 18.7. The van der Waals surface area contributed by atoms with E-state index in [0.29, 0.717) is 39.1 Å². The summed E-state index contributed by atoms with van der Waals surface area (Å²) in [7, 11) is 0. The van der Waals surface area contributed by atoms with Gasteiger partial charge in [0.15, 0.2) is 0 Å². The zero-order valence-corrected chi connectivity index (χ0v) is 14.6. The van der Waals surface area contributed by atoms with Crippen molar-refractivity contribution in [3.8, 4) is 6.07 Å². The maximum Gasteiger partial charge on any atom is 0.323 e. The van der Waals surface area contributed by atoms with Gasteiger partial charge in [-0.15, -0.1) is 0 Å². The van der Waals surface area contributed by atoms with Crippen molar-refractivity contribution in [2.45, 2.75) is 32.7 Å². The van der Waals surface area contributed by atoms with E-state index in [1.807, 2.05) is 11.8 Å². The van der Waals surface area contributed by atoms with Gasteiger partial charge in [0.25, 0.3) is 0 Å². The summed E-state index contributed by atoms with van der Waals surface area (Å²) in [5, 5.41) is 9.26. The highest BCUT2D eigenvalue weighted by Gasteiger charge is 2.35. The van der Waals surface area contributed by atoms with E-state index < -0.39 is 11.9 Å². The van der Waals surface area contributed by atoms with Gasteiger partial charge in [-0.1, -0.05) is 0 Å². The van der Waals surface area contributed by atoms with E-state index in [-0.39, 0.29) is 24.5 Å². The van der Waals surface area contributed by atoms with Gasteiger partial charge in [-0.05, 0) is 32.6 Å². The molecular formula is C17H27N3O4. The second kappa shape index (κ2) is 9.00. The minimum atomic E-state index is -0.723. The summed E-state index contributed by atoms with van der Waals surface area (Å²) in [5.74, 6) is -1.07. The molecule has 0 bridgehead atoms.